The van der Waals surface area contributed by atoms with Gasteiger partial charge in [-0.25, -0.2) is 4.79 Å². The summed E-state index contributed by atoms with van der Waals surface area (Å²) in [4.78, 5) is 16.6. The van der Waals surface area contributed by atoms with Crippen LogP contribution in [0.25, 0.3) is 5.69 Å². The lowest BCUT2D eigenvalue weighted by molar-refractivity contribution is 0.0276. The minimum Gasteiger partial charge on any atom is -0.493 e. The summed E-state index contributed by atoms with van der Waals surface area (Å²) < 4.78 is 18.0. The quantitative estimate of drug-likeness (QED) is 0.587. The Morgan fingerprint density at radius 3 is 2.43 bits per heavy atom. The van der Waals surface area contributed by atoms with Crippen molar-refractivity contribution in [1.82, 2.24) is 9.55 Å². The van der Waals surface area contributed by atoms with E-state index in [-0.39, 0.29) is 13.2 Å². The topological polar surface area (TPSA) is 82.8 Å². The molecule has 0 radical (unpaired) electrons. The lowest BCUT2D eigenvalue weighted by Crippen LogP contribution is -2.28. The van der Waals surface area contributed by atoms with Crippen molar-refractivity contribution in [3.05, 3.63) is 75.9 Å². The van der Waals surface area contributed by atoms with Gasteiger partial charge in [-0.15, -0.1) is 0 Å². The molecule has 2 aromatic carbocycles. The number of aliphatic hydroxyl groups is 1. The summed E-state index contributed by atoms with van der Waals surface area (Å²) >= 11 is 5.85. The Kier molecular flexibility index (Phi) is 6.64. The monoisotopic (exact) mass is 430 g/mol. The van der Waals surface area contributed by atoms with Crippen LogP contribution in [0.1, 0.15) is 19.5 Å². The summed E-state index contributed by atoms with van der Waals surface area (Å²) in [5.41, 5.74) is -0.345. The average molecular weight is 431 g/mol. The zero-order valence-electron chi connectivity index (χ0n) is 17.0. The van der Waals surface area contributed by atoms with Gasteiger partial charge in [-0.05, 0) is 56.3 Å². The Hall–Kier alpha value is -3.03. The fourth-order valence-corrected chi connectivity index (χ4v) is 2.71. The Morgan fingerprint density at radius 2 is 1.80 bits per heavy atom. The molecular formula is C22H23ClN2O5. The number of rotatable bonds is 8. The fraction of sp³-hybridized carbons (Fsp3) is 0.273. The van der Waals surface area contributed by atoms with E-state index >= 15 is 0 Å². The Balaban J connectivity index is 1.75. The number of hydrogen-bond donors (Lipinski definition) is 1. The number of aromatic nitrogens is 2. The van der Waals surface area contributed by atoms with E-state index < -0.39 is 11.3 Å². The zero-order chi connectivity index (χ0) is 21.7. The highest BCUT2D eigenvalue weighted by atomic mass is 35.5. The van der Waals surface area contributed by atoms with E-state index in [1.807, 2.05) is 0 Å². The van der Waals surface area contributed by atoms with Gasteiger partial charge in [0.25, 0.3) is 0 Å². The molecule has 0 aliphatic carbocycles. The third-order valence-electron chi connectivity index (χ3n) is 4.07. The number of methoxy groups -OCH3 is 1. The van der Waals surface area contributed by atoms with Gasteiger partial charge in [0.1, 0.15) is 19.0 Å². The van der Waals surface area contributed by atoms with Crippen molar-refractivity contribution in [3.63, 3.8) is 0 Å². The Bertz CT molecular complexity index is 1060. The molecule has 8 heteroatoms. The highest BCUT2D eigenvalue weighted by molar-refractivity contribution is 6.30. The lowest BCUT2D eigenvalue weighted by atomic mass is 10.2. The molecule has 0 aliphatic heterocycles. The molecule has 0 spiro atoms. The number of nitrogens with zero attached hydrogens (tertiary/aromatic N) is 2. The van der Waals surface area contributed by atoms with Crippen LogP contribution in [-0.4, -0.2) is 34.0 Å². The molecule has 0 fully saturated rings. The number of hydrogen-bond acceptors (Lipinski definition) is 6. The van der Waals surface area contributed by atoms with Crippen LogP contribution in [0, 0.1) is 0 Å². The van der Waals surface area contributed by atoms with Crippen molar-refractivity contribution < 1.29 is 19.3 Å². The van der Waals surface area contributed by atoms with Crippen LogP contribution in [0.3, 0.4) is 0 Å². The highest BCUT2D eigenvalue weighted by Gasteiger charge is 2.16. The van der Waals surface area contributed by atoms with Crippen LogP contribution >= 0.6 is 11.6 Å². The molecule has 0 aliphatic rings. The van der Waals surface area contributed by atoms with Gasteiger partial charge in [0.05, 0.1) is 24.1 Å². The first-order valence-electron chi connectivity index (χ1n) is 9.26. The Labute approximate surface area is 179 Å². The summed E-state index contributed by atoms with van der Waals surface area (Å²) in [6.45, 7) is 3.56. The van der Waals surface area contributed by atoms with Gasteiger partial charge < -0.3 is 19.3 Å². The number of halogens is 1. The minimum absolute atomic E-state index is 0.104. The smallest absolute Gasteiger partial charge is 0.352 e. The van der Waals surface area contributed by atoms with Crippen molar-refractivity contribution in [2.45, 2.75) is 26.1 Å². The first kappa shape index (κ1) is 21.7. The second-order valence-electron chi connectivity index (χ2n) is 7.25. The molecule has 1 heterocycles. The maximum absolute atomic E-state index is 12.5. The van der Waals surface area contributed by atoms with Crippen LogP contribution in [-0.2, 0) is 6.61 Å². The molecule has 0 atom stereocenters. The second-order valence-corrected chi connectivity index (χ2v) is 7.69. The highest BCUT2D eigenvalue weighted by Crippen LogP contribution is 2.29. The van der Waals surface area contributed by atoms with Crippen LogP contribution < -0.4 is 19.9 Å². The lowest BCUT2D eigenvalue weighted by Gasteiger charge is -2.19. The molecule has 30 heavy (non-hydrogen) atoms. The zero-order valence-corrected chi connectivity index (χ0v) is 17.7. The molecule has 0 saturated heterocycles. The third kappa shape index (κ3) is 5.75. The van der Waals surface area contributed by atoms with E-state index in [0.29, 0.717) is 33.7 Å². The predicted octanol–water partition coefficient (Wildman–Crippen LogP) is 3.62. The predicted molar refractivity (Wildman–Crippen MR) is 114 cm³/mol. The van der Waals surface area contributed by atoms with Crippen molar-refractivity contribution in [1.29, 1.82) is 0 Å². The molecular weight excluding hydrogens is 408 g/mol. The molecule has 0 bridgehead atoms. The molecule has 0 saturated carbocycles. The fourth-order valence-electron chi connectivity index (χ4n) is 2.58. The normalized spacial score (nSPS) is 11.2. The number of ether oxygens (including phenoxy) is 3. The summed E-state index contributed by atoms with van der Waals surface area (Å²) in [6, 6.07) is 13.7. The standard InChI is InChI=1S/C22H23ClN2O5/c1-22(2,27)14-30-19-9-6-17(12-20(19)28-3)25-11-10-16(24-21(25)26)13-29-18-7-4-15(23)5-8-18/h4-12,27H,13-14H2,1-3H3. The molecule has 3 rings (SSSR count). The molecule has 3 aromatic rings. The molecule has 158 valence electrons. The van der Waals surface area contributed by atoms with Crippen molar-refractivity contribution >= 4 is 11.6 Å². The average Bonchev–Trinajstić information content (AvgIpc) is 2.71. The SMILES string of the molecule is COc1cc(-n2ccc(COc3ccc(Cl)cc3)nc2=O)ccc1OCC(C)(C)O. The van der Waals surface area contributed by atoms with E-state index in [1.54, 1.807) is 68.6 Å². The maximum Gasteiger partial charge on any atom is 0.352 e. The summed E-state index contributed by atoms with van der Waals surface area (Å²) in [6.07, 6.45) is 1.63. The minimum atomic E-state index is -0.978. The molecule has 7 nitrogen and oxygen atoms in total. The van der Waals surface area contributed by atoms with E-state index in [9.17, 15) is 9.90 Å². The summed E-state index contributed by atoms with van der Waals surface area (Å²) in [7, 11) is 1.51. The second kappa shape index (κ2) is 9.19. The van der Waals surface area contributed by atoms with Crippen molar-refractivity contribution in [2.75, 3.05) is 13.7 Å². The molecule has 0 unspecified atom stereocenters. The molecule has 1 aromatic heterocycles. The van der Waals surface area contributed by atoms with Crippen LogP contribution in [0.4, 0.5) is 0 Å². The first-order valence-corrected chi connectivity index (χ1v) is 9.63. The van der Waals surface area contributed by atoms with Crippen LogP contribution in [0.2, 0.25) is 5.02 Å². The number of benzene rings is 2. The van der Waals surface area contributed by atoms with Crippen LogP contribution in [0.5, 0.6) is 17.2 Å². The van der Waals surface area contributed by atoms with E-state index in [4.69, 9.17) is 25.8 Å². The van der Waals surface area contributed by atoms with Crippen LogP contribution in [0.15, 0.2) is 59.5 Å². The molecule has 0 amide bonds. The molecule has 1 N–H and O–H groups in total. The van der Waals surface area contributed by atoms with E-state index in [1.165, 1.54) is 11.7 Å². The summed E-state index contributed by atoms with van der Waals surface area (Å²) in [5.74, 6) is 1.55. The van der Waals surface area contributed by atoms with Gasteiger partial charge >= 0.3 is 5.69 Å². The first-order chi connectivity index (χ1) is 14.2. The maximum atomic E-state index is 12.5. The summed E-state index contributed by atoms with van der Waals surface area (Å²) in [5, 5.41) is 10.5. The van der Waals surface area contributed by atoms with Crippen molar-refractivity contribution in [2.24, 2.45) is 0 Å². The van der Waals surface area contributed by atoms with E-state index in [2.05, 4.69) is 4.98 Å². The van der Waals surface area contributed by atoms with Gasteiger partial charge in [-0.3, -0.25) is 4.57 Å². The van der Waals surface area contributed by atoms with Gasteiger partial charge in [0.2, 0.25) is 0 Å². The largest absolute Gasteiger partial charge is 0.493 e. The third-order valence-corrected chi connectivity index (χ3v) is 4.32. The van der Waals surface area contributed by atoms with Gasteiger partial charge in [-0.2, -0.15) is 4.98 Å². The van der Waals surface area contributed by atoms with E-state index in [0.717, 1.165) is 0 Å². The van der Waals surface area contributed by atoms with Gasteiger partial charge in [0.15, 0.2) is 11.5 Å². The van der Waals surface area contributed by atoms with Crippen molar-refractivity contribution in [3.8, 4) is 22.9 Å². The Morgan fingerprint density at radius 1 is 1.07 bits per heavy atom. The van der Waals surface area contributed by atoms with Gasteiger partial charge in [0, 0.05) is 17.3 Å². The van der Waals surface area contributed by atoms with Gasteiger partial charge in [-0.1, -0.05) is 11.6 Å².